The molecule has 94 valence electrons. The highest BCUT2D eigenvalue weighted by atomic mass is 35.5. The molecule has 3 heteroatoms. The number of aromatic hydroxyl groups is 1. The topological polar surface area (TPSA) is 23.5 Å². The van der Waals surface area contributed by atoms with Crippen molar-refractivity contribution in [2.24, 2.45) is 0 Å². The van der Waals surface area contributed by atoms with Crippen LogP contribution in [0.4, 0.5) is 0 Å². The first-order valence-corrected chi connectivity index (χ1v) is 6.16. The number of phenolic OH excluding ortho intramolecular Hbond substituents is 1. The van der Waals surface area contributed by atoms with Crippen LogP contribution in [0.15, 0.2) is 42.5 Å². The van der Waals surface area contributed by atoms with Gasteiger partial charge in [0.2, 0.25) is 0 Å². The van der Waals surface area contributed by atoms with Crippen LogP contribution in [0, 0.1) is 0 Å². The minimum Gasteiger partial charge on any atom is -0.506 e. The van der Waals surface area contributed by atoms with Gasteiger partial charge >= 0.3 is 0 Å². The number of rotatable bonds is 3. The van der Waals surface area contributed by atoms with E-state index in [9.17, 15) is 5.11 Å². The SMILES string of the molecule is CN(C)Cc1ccc(-c2ccc(O)c(Cl)c2)cc1. The van der Waals surface area contributed by atoms with Crippen LogP contribution in [0.25, 0.3) is 11.1 Å². The van der Waals surface area contributed by atoms with E-state index in [0.717, 1.165) is 17.7 Å². The fourth-order valence-corrected chi connectivity index (χ4v) is 2.03. The van der Waals surface area contributed by atoms with E-state index < -0.39 is 0 Å². The molecule has 0 radical (unpaired) electrons. The Bertz CT molecular complexity index is 535. The number of benzene rings is 2. The lowest BCUT2D eigenvalue weighted by atomic mass is 10.0. The molecule has 2 rings (SSSR count). The molecule has 0 aromatic heterocycles. The van der Waals surface area contributed by atoms with E-state index in [4.69, 9.17) is 11.6 Å². The second kappa shape index (κ2) is 5.42. The summed E-state index contributed by atoms with van der Waals surface area (Å²) in [6.45, 7) is 0.927. The Kier molecular flexibility index (Phi) is 3.90. The van der Waals surface area contributed by atoms with Gasteiger partial charge in [-0.05, 0) is 42.9 Å². The molecule has 0 atom stereocenters. The summed E-state index contributed by atoms with van der Waals surface area (Å²) in [5, 5.41) is 9.78. The molecular formula is C15H16ClNO. The first-order valence-electron chi connectivity index (χ1n) is 5.79. The van der Waals surface area contributed by atoms with Crippen molar-refractivity contribution < 1.29 is 5.11 Å². The van der Waals surface area contributed by atoms with Crippen LogP contribution in [0.2, 0.25) is 5.02 Å². The van der Waals surface area contributed by atoms with Crippen molar-refractivity contribution in [3.8, 4) is 16.9 Å². The van der Waals surface area contributed by atoms with Gasteiger partial charge in [0.15, 0.2) is 0 Å². The lowest BCUT2D eigenvalue weighted by molar-refractivity contribution is 0.402. The van der Waals surface area contributed by atoms with Gasteiger partial charge < -0.3 is 10.0 Å². The Morgan fingerprint density at radius 2 is 1.61 bits per heavy atom. The van der Waals surface area contributed by atoms with E-state index in [-0.39, 0.29) is 5.75 Å². The molecule has 0 fully saturated rings. The van der Waals surface area contributed by atoms with Gasteiger partial charge in [0.1, 0.15) is 5.75 Å². The average molecular weight is 262 g/mol. The highest BCUT2D eigenvalue weighted by molar-refractivity contribution is 6.32. The monoisotopic (exact) mass is 261 g/mol. The smallest absolute Gasteiger partial charge is 0.134 e. The zero-order valence-corrected chi connectivity index (χ0v) is 11.3. The maximum atomic E-state index is 9.40. The van der Waals surface area contributed by atoms with E-state index in [2.05, 4.69) is 29.2 Å². The molecule has 0 spiro atoms. The van der Waals surface area contributed by atoms with Crippen molar-refractivity contribution in [3.63, 3.8) is 0 Å². The molecule has 0 aliphatic rings. The summed E-state index contributed by atoms with van der Waals surface area (Å²) >= 11 is 5.91. The van der Waals surface area contributed by atoms with E-state index in [1.165, 1.54) is 5.56 Å². The number of nitrogens with zero attached hydrogens (tertiary/aromatic N) is 1. The Labute approximate surface area is 112 Å². The summed E-state index contributed by atoms with van der Waals surface area (Å²) < 4.78 is 0. The van der Waals surface area contributed by atoms with Gasteiger partial charge in [-0.3, -0.25) is 0 Å². The highest BCUT2D eigenvalue weighted by Crippen LogP contribution is 2.29. The van der Waals surface area contributed by atoms with Gasteiger partial charge in [0, 0.05) is 6.54 Å². The predicted molar refractivity (Wildman–Crippen MR) is 75.9 cm³/mol. The van der Waals surface area contributed by atoms with Crippen LogP contribution in [0.5, 0.6) is 5.75 Å². The number of hydrogen-bond donors (Lipinski definition) is 1. The lowest BCUT2D eigenvalue weighted by Crippen LogP contribution is -2.10. The molecule has 0 aliphatic carbocycles. The minimum atomic E-state index is 0.115. The van der Waals surface area contributed by atoms with Gasteiger partial charge in [-0.25, -0.2) is 0 Å². The lowest BCUT2D eigenvalue weighted by Gasteiger charge is -2.10. The summed E-state index contributed by atoms with van der Waals surface area (Å²) in [6, 6.07) is 13.6. The van der Waals surface area contributed by atoms with E-state index in [1.54, 1.807) is 12.1 Å². The molecule has 0 saturated carbocycles. The highest BCUT2D eigenvalue weighted by Gasteiger charge is 2.03. The van der Waals surface area contributed by atoms with Crippen LogP contribution in [-0.4, -0.2) is 24.1 Å². The summed E-state index contributed by atoms with van der Waals surface area (Å²) in [4.78, 5) is 2.13. The zero-order chi connectivity index (χ0) is 13.1. The van der Waals surface area contributed by atoms with Gasteiger partial charge in [0.25, 0.3) is 0 Å². The molecule has 2 nitrogen and oxygen atoms in total. The minimum absolute atomic E-state index is 0.115. The Balaban J connectivity index is 2.25. The second-order valence-corrected chi connectivity index (χ2v) is 5.01. The van der Waals surface area contributed by atoms with Crippen molar-refractivity contribution in [3.05, 3.63) is 53.1 Å². The van der Waals surface area contributed by atoms with Crippen molar-refractivity contribution in [1.29, 1.82) is 0 Å². The average Bonchev–Trinajstić information content (AvgIpc) is 2.33. The largest absolute Gasteiger partial charge is 0.506 e. The number of hydrogen-bond acceptors (Lipinski definition) is 2. The van der Waals surface area contributed by atoms with Gasteiger partial charge in [-0.1, -0.05) is 41.9 Å². The van der Waals surface area contributed by atoms with Crippen molar-refractivity contribution in [2.75, 3.05) is 14.1 Å². The van der Waals surface area contributed by atoms with Crippen molar-refractivity contribution in [1.82, 2.24) is 4.90 Å². The standard InChI is InChI=1S/C15H16ClNO/c1-17(2)10-11-3-5-12(6-4-11)13-7-8-15(18)14(16)9-13/h3-9,18H,10H2,1-2H3. The third-order valence-corrected chi connectivity index (χ3v) is 3.04. The van der Waals surface area contributed by atoms with E-state index in [0.29, 0.717) is 5.02 Å². The summed E-state index contributed by atoms with van der Waals surface area (Å²) in [6.07, 6.45) is 0. The molecule has 0 bridgehead atoms. The first kappa shape index (κ1) is 12.9. The fourth-order valence-electron chi connectivity index (χ4n) is 1.85. The molecule has 1 N–H and O–H groups in total. The van der Waals surface area contributed by atoms with Crippen LogP contribution in [-0.2, 0) is 6.54 Å². The molecule has 0 saturated heterocycles. The first-order chi connectivity index (χ1) is 8.56. The summed E-state index contributed by atoms with van der Waals surface area (Å²) in [5.41, 5.74) is 3.38. The molecule has 0 heterocycles. The van der Waals surface area contributed by atoms with Crippen molar-refractivity contribution >= 4 is 11.6 Å². The molecule has 18 heavy (non-hydrogen) atoms. The van der Waals surface area contributed by atoms with Gasteiger partial charge in [-0.2, -0.15) is 0 Å². The molecule has 2 aromatic rings. The third kappa shape index (κ3) is 3.03. The molecule has 0 amide bonds. The molecular weight excluding hydrogens is 246 g/mol. The maximum Gasteiger partial charge on any atom is 0.134 e. The van der Waals surface area contributed by atoms with Crippen molar-refractivity contribution in [2.45, 2.75) is 6.54 Å². The number of halogens is 1. The number of phenols is 1. The normalized spacial score (nSPS) is 10.9. The van der Waals surface area contributed by atoms with Crippen LogP contribution in [0.3, 0.4) is 0 Å². The van der Waals surface area contributed by atoms with Crippen LogP contribution in [0.1, 0.15) is 5.56 Å². The van der Waals surface area contributed by atoms with E-state index >= 15 is 0 Å². The van der Waals surface area contributed by atoms with E-state index in [1.807, 2.05) is 20.2 Å². The predicted octanol–water partition coefficient (Wildman–Crippen LogP) is 3.77. The fraction of sp³-hybridized carbons (Fsp3) is 0.200. The van der Waals surface area contributed by atoms with Crippen LogP contribution >= 0.6 is 11.6 Å². The molecule has 0 aliphatic heterocycles. The third-order valence-electron chi connectivity index (χ3n) is 2.73. The molecule has 2 aromatic carbocycles. The Morgan fingerprint density at radius 1 is 1.00 bits per heavy atom. The Morgan fingerprint density at radius 3 is 2.17 bits per heavy atom. The Hall–Kier alpha value is -1.51. The van der Waals surface area contributed by atoms with Gasteiger partial charge in [0.05, 0.1) is 5.02 Å². The maximum absolute atomic E-state index is 9.40. The summed E-state index contributed by atoms with van der Waals surface area (Å²) in [7, 11) is 4.10. The van der Waals surface area contributed by atoms with Crippen LogP contribution < -0.4 is 0 Å². The second-order valence-electron chi connectivity index (χ2n) is 4.60. The quantitative estimate of drug-likeness (QED) is 0.909. The summed E-state index contributed by atoms with van der Waals surface area (Å²) in [5.74, 6) is 0.115. The van der Waals surface area contributed by atoms with Gasteiger partial charge in [-0.15, -0.1) is 0 Å². The zero-order valence-electron chi connectivity index (χ0n) is 10.5. The molecule has 0 unspecified atom stereocenters.